The molecule has 2 aromatic heterocycles. The predicted octanol–water partition coefficient (Wildman–Crippen LogP) is 4.74. The van der Waals surface area contributed by atoms with Crippen molar-refractivity contribution in [2.45, 2.75) is 6.18 Å². The van der Waals surface area contributed by atoms with Gasteiger partial charge in [0.2, 0.25) is 0 Å². The van der Waals surface area contributed by atoms with Crippen LogP contribution in [0.5, 0.6) is 0 Å². The van der Waals surface area contributed by atoms with Gasteiger partial charge in [-0.2, -0.15) is 13.2 Å². The Bertz CT molecular complexity index is 1300. The summed E-state index contributed by atoms with van der Waals surface area (Å²) in [4.78, 5) is 25.5. The molecule has 0 saturated carbocycles. The number of hydrogen-bond acceptors (Lipinski definition) is 4. The lowest BCUT2D eigenvalue weighted by atomic mass is 10.0. The van der Waals surface area contributed by atoms with Crippen LogP contribution in [-0.4, -0.2) is 29.0 Å². The van der Waals surface area contributed by atoms with Gasteiger partial charge in [0.25, 0.3) is 5.56 Å². The van der Waals surface area contributed by atoms with Crippen molar-refractivity contribution in [3.63, 3.8) is 0 Å². The first-order valence-corrected chi connectivity index (χ1v) is 9.09. The van der Waals surface area contributed by atoms with Gasteiger partial charge >= 0.3 is 6.18 Å². The van der Waals surface area contributed by atoms with Crippen LogP contribution in [-0.2, 0) is 6.18 Å². The van der Waals surface area contributed by atoms with Crippen LogP contribution in [0.4, 0.5) is 19.0 Å². The third-order valence-electron chi connectivity index (χ3n) is 4.64. The number of halogens is 3. The maximum absolute atomic E-state index is 13.4. The van der Waals surface area contributed by atoms with Crippen molar-refractivity contribution in [1.29, 1.82) is 0 Å². The molecule has 5 nitrogen and oxygen atoms in total. The molecule has 8 heteroatoms. The number of hydrogen-bond donors (Lipinski definition) is 1. The third-order valence-corrected chi connectivity index (χ3v) is 4.64. The second kappa shape index (κ2) is 7.29. The lowest BCUT2D eigenvalue weighted by Gasteiger charge is -2.16. The summed E-state index contributed by atoms with van der Waals surface area (Å²) in [5, 5.41) is 0.465. The zero-order valence-electron chi connectivity index (χ0n) is 16.2. The van der Waals surface area contributed by atoms with Gasteiger partial charge in [0, 0.05) is 25.2 Å². The Morgan fingerprint density at radius 3 is 2.37 bits per heavy atom. The highest BCUT2D eigenvalue weighted by Gasteiger charge is 2.32. The highest BCUT2D eigenvalue weighted by atomic mass is 19.4. The number of nitrogens with one attached hydrogen (secondary N) is 1. The van der Waals surface area contributed by atoms with E-state index >= 15 is 0 Å². The van der Waals surface area contributed by atoms with Crippen molar-refractivity contribution < 1.29 is 13.2 Å². The van der Waals surface area contributed by atoms with Crippen molar-refractivity contribution in [3.05, 3.63) is 76.6 Å². The smallest absolute Gasteiger partial charge is 0.363 e. The highest BCUT2D eigenvalue weighted by molar-refractivity contribution is 5.80. The number of fused-ring (bicyclic) bond motifs is 1. The lowest BCUT2D eigenvalue weighted by Crippen LogP contribution is -2.14. The summed E-state index contributed by atoms with van der Waals surface area (Å²) in [6.07, 6.45) is -4.49. The van der Waals surface area contributed by atoms with Gasteiger partial charge in [0.05, 0.1) is 22.2 Å². The summed E-state index contributed by atoms with van der Waals surface area (Å²) < 4.78 is 40.1. The molecular weight excluding hydrogens is 393 g/mol. The van der Waals surface area contributed by atoms with Crippen LogP contribution in [0, 0.1) is 0 Å². The summed E-state index contributed by atoms with van der Waals surface area (Å²) >= 11 is 0. The summed E-state index contributed by atoms with van der Waals surface area (Å²) in [7, 11) is 3.26. The molecule has 0 aliphatic rings. The number of para-hydroxylation sites is 1. The summed E-state index contributed by atoms with van der Waals surface area (Å²) in [5.41, 5.74) is 0.706. The molecule has 0 fully saturated rings. The van der Waals surface area contributed by atoms with E-state index in [0.717, 1.165) is 12.1 Å². The molecule has 1 N–H and O–H groups in total. The molecule has 152 valence electrons. The monoisotopic (exact) mass is 410 g/mol. The van der Waals surface area contributed by atoms with Crippen LogP contribution in [0.2, 0.25) is 0 Å². The molecule has 0 saturated heterocycles. The van der Waals surface area contributed by atoms with Gasteiger partial charge in [-0.05, 0) is 30.3 Å². The second-order valence-corrected chi connectivity index (χ2v) is 7.00. The minimum absolute atomic E-state index is 0.179. The maximum atomic E-state index is 13.4. The summed E-state index contributed by atoms with van der Waals surface area (Å²) in [6.45, 7) is 0. The molecule has 0 unspecified atom stereocenters. The molecular formula is C22H17F3N4O. The largest absolute Gasteiger partial charge is 0.416 e. The number of aromatic nitrogens is 3. The topological polar surface area (TPSA) is 61.9 Å². The minimum atomic E-state index is -4.49. The van der Waals surface area contributed by atoms with Gasteiger partial charge in [0.1, 0.15) is 11.6 Å². The quantitative estimate of drug-likeness (QED) is 0.530. The number of benzene rings is 2. The fraction of sp³-hybridized carbons (Fsp3) is 0.136. The molecule has 0 spiro atoms. The van der Waals surface area contributed by atoms with Gasteiger partial charge in [-0.25, -0.2) is 9.97 Å². The van der Waals surface area contributed by atoms with Crippen LogP contribution in [0.3, 0.4) is 0 Å². The van der Waals surface area contributed by atoms with E-state index in [4.69, 9.17) is 0 Å². The van der Waals surface area contributed by atoms with Crippen LogP contribution in [0.1, 0.15) is 5.56 Å². The lowest BCUT2D eigenvalue weighted by molar-refractivity contribution is -0.137. The Kier molecular flexibility index (Phi) is 4.77. The first-order valence-electron chi connectivity index (χ1n) is 9.09. The van der Waals surface area contributed by atoms with Crippen molar-refractivity contribution in [1.82, 2.24) is 15.0 Å². The van der Waals surface area contributed by atoms with Gasteiger partial charge in [0.15, 0.2) is 0 Å². The molecule has 2 heterocycles. The normalized spacial score (nSPS) is 11.6. The summed E-state index contributed by atoms with van der Waals surface area (Å²) in [5.74, 6) is 0.530. The number of H-pyrrole nitrogens is 1. The molecule has 0 atom stereocenters. The van der Waals surface area contributed by atoms with Crippen molar-refractivity contribution >= 4 is 16.7 Å². The highest BCUT2D eigenvalue weighted by Crippen LogP contribution is 2.34. The van der Waals surface area contributed by atoms with E-state index in [0.29, 0.717) is 27.9 Å². The zero-order valence-corrected chi connectivity index (χ0v) is 16.2. The van der Waals surface area contributed by atoms with E-state index in [1.54, 1.807) is 62.6 Å². The second-order valence-electron chi connectivity index (χ2n) is 7.00. The maximum Gasteiger partial charge on any atom is 0.416 e. The van der Waals surface area contributed by atoms with E-state index in [9.17, 15) is 18.0 Å². The van der Waals surface area contributed by atoms with Gasteiger partial charge in [-0.1, -0.05) is 30.3 Å². The van der Waals surface area contributed by atoms with E-state index < -0.39 is 11.7 Å². The summed E-state index contributed by atoms with van der Waals surface area (Å²) in [6, 6.07) is 15.7. The van der Waals surface area contributed by atoms with Crippen LogP contribution in [0.25, 0.3) is 33.5 Å². The molecule has 0 aliphatic carbocycles. The molecule has 4 aromatic rings. The number of nitrogens with zero attached hydrogens (tertiary/aromatic N) is 3. The van der Waals surface area contributed by atoms with Crippen molar-refractivity contribution in [2.24, 2.45) is 0 Å². The zero-order chi connectivity index (χ0) is 21.5. The molecule has 0 amide bonds. The fourth-order valence-electron chi connectivity index (χ4n) is 3.11. The Morgan fingerprint density at radius 1 is 0.900 bits per heavy atom. The SMILES string of the molecule is CN(C)c1cc(C(F)(F)F)cc(-c2cccc(-c3nc4ccccc4c(=O)[nH]3)c2)n1. The molecule has 2 aromatic carbocycles. The molecule has 0 bridgehead atoms. The van der Waals surface area contributed by atoms with Gasteiger partial charge < -0.3 is 9.88 Å². The Hall–Kier alpha value is -3.68. The van der Waals surface area contributed by atoms with Crippen LogP contribution < -0.4 is 10.5 Å². The molecule has 0 radical (unpaired) electrons. The molecule has 4 rings (SSSR count). The van der Waals surface area contributed by atoms with Crippen molar-refractivity contribution in [2.75, 3.05) is 19.0 Å². The van der Waals surface area contributed by atoms with E-state index in [1.165, 1.54) is 4.90 Å². The fourth-order valence-corrected chi connectivity index (χ4v) is 3.11. The van der Waals surface area contributed by atoms with E-state index in [2.05, 4.69) is 15.0 Å². The first-order chi connectivity index (χ1) is 14.2. The Balaban J connectivity index is 1.85. The Labute approximate surface area is 169 Å². The van der Waals surface area contributed by atoms with Gasteiger partial charge in [-0.15, -0.1) is 0 Å². The number of pyridine rings is 1. The average Bonchev–Trinajstić information content (AvgIpc) is 2.73. The van der Waals surface area contributed by atoms with Gasteiger partial charge in [-0.3, -0.25) is 4.79 Å². The number of rotatable bonds is 3. The molecule has 0 aliphatic heterocycles. The van der Waals surface area contributed by atoms with Crippen LogP contribution in [0.15, 0.2) is 65.5 Å². The van der Waals surface area contributed by atoms with E-state index in [1.807, 2.05) is 0 Å². The average molecular weight is 410 g/mol. The number of aromatic amines is 1. The standard InChI is InChI=1S/C22H17F3N4O/c1-29(2)19-12-15(22(23,24)25)11-18(26-19)13-6-5-7-14(10-13)20-27-17-9-4-3-8-16(17)21(30)28-20/h3-12H,1-2H3,(H,27,28,30). The van der Waals surface area contributed by atoms with E-state index in [-0.39, 0.29) is 17.1 Å². The molecule has 30 heavy (non-hydrogen) atoms. The predicted molar refractivity (Wildman–Crippen MR) is 110 cm³/mol. The minimum Gasteiger partial charge on any atom is -0.363 e. The van der Waals surface area contributed by atoms with Crippen LogP contribution >= 0.6 is 0 Å². The number of anilines is 1. The number of alkyl halides is 3. The van der Waals surface area contributed by atoms with Crippen molar-refractivity contribution in [3.8, 4) is 22.6 Å². The Morgan fingerprint density at radius 2 is 1.63 bits per heavy atom. The first kappa shape index (κ1) is 19.6. The third kappa shape index (κ3) is 3.76.